The molecule has 11 aromatic rings. The third-order valence-electron chi connectivity index (χ3n) is 11.8. The highest BCUT2D eigenvalue weighted by Crippen LogP contribution is 2.41. The lowest BCUT2D eigenvalue weighted by atomic mass is 9.89. The van der Waals surface area contributed by atoms with Crippen LogP contribution in [0.5, 0.6) is 0 Å². The van der Waals surface area contributed by atoms with Gasteiger partial charge >= 0.3 is 0 Å². The average molecular weight is 792 g/mol. The molecule has 0 spiro atoms. The van der Waals surface area contributed by atoms with Crippen LogP contribution in [0.1, 0.15) is 0 Å². The maximum atomic E-state index is 5.29. The van der Waals surface area contributed by atoms with Crippen molar-refractivity contribution in [1.29, 1.82) is 0 Å². The molecule has 10 aromatic carbocycles. The molecule has 0 unspecified atom stereocenters. The van der Waals surface area contributed by atoms with Crippen LogP contribution in [0.3, 0.4) is 0 Å². The number of aromatic nitrogens is 2. The molecule has 0 fully saturated rings. The van der Waals surface area contributed by atoms with Crippen molar-refractivity contribution in [3.05, 3.63) is 249 Å². The first-order valence-corrected chi connectivity index (χ1v) is 21.1. The maximum Gasteiger partial charge on any atom is 0.0934 e. The zero-order chi connectivity index (χ0) is 41.2. The van der Waals surface area contributed by atoms with Gasteiger partial charge in [0, 0.05) is 28.2 Å². The molecular formula is C59H41N3. The SMILES string of the molecule is c1ccc(N(c2ccccc2)c2ccc(-c3ccccc3-c3ccccc3-c3ccc(-n4nc(-c5ccc6ccccc6c5)cc4-c4ccc5ccccc5c4)cc3)cc2)cc1. The number of hydrogen-bond donors (Lipinski definition) is 0. The molecule has 1 heterocycles. The van der Waals surface area contributed by atoms with E-state index in [1.165, 1.54) is 43.8 Å². The zero-order valence-electron chi connectivity index (χ0n) is 34.0. The highest BCUT2D eigenvalue weighted by Gasteiger charge is 2.18. The number of fused-ring (bicyclic) bond motifs is 2. The van der Waals surface area contributed by atoms with E-state index in [2.05, 4.69) is 258 Å². The van der Waals surface area contributed by atoms with Crippen LogP contribution in [0.4, 0.5) is 17.1 Å². The summed E-state index contributed by atoms with van der Waals surface area (Å²) in [6.07, 6.45) is 0. The summed E-state index contributed by atoms with van der Waals surface area (Å²) < 4.78 is 2.10. The minimum absolute atomic E-state index is 0.936. The van der Waals surface area contributed by atoms with E-state index in [0.717, 1.165) is 56.4 Å². The van der Waals surface area contributed by atoms with Crippen molar-refractivity contribution in [2.75, 3.05) is 4.90 Å². The third kappa shape index (κ3) is 7.02. The van der Waals surface area contributed by atoms with Gasteiger partial charge in [-0.05, 0) is 122 Å². The molecule has 11 rings (SSSR count). The van der Waals surface area contributed by atoms with E-state index in [1.54, 1.807) is 0 Å². The average Bonchev–Trinajstić information content (AvgIpc) is 3.81. The van der Waals surface area contributed by atoms with Crippen LogP contribution in [-0.2, 0) is 0 Å². The Morgan fingerprint density at radius 2 is 0.694 bits per heavy atom. The topological polar surface area (TPSA) is 21.1 Å². The lowest BCUT2D eigenvalue weighted by Gasteiger charge is -2.25. The standard InChI is InChI=1S/C59H41N3/c1-3-19-50(20-4-1)61(51-21-5-2-6-22-51)52-35-31-44(32-36-52)54-23-11-13-25-56(54)57-26-14-12-24-55(57)45-33-37-53(38-34-45)62-59(49-30-28-43-16-8-10-18-47(43)40-49)41-58(60-62)48-29-27-42-15-7-9-17-46(42)39-48/h1-41H. The Morgan fingerprint density at radius 1 is 0.290 bits per heavy atom. The predicted molar refractivity (Wildman–Crippen MR) is 260 cm³/mol. The van der Waals surface area contributed by atoms with E-state index in [4.69, 9.17) is 5.10 Å². The molecule has 0 saturated heterocycles. The van der Waals surface area contributed by atoms with Crippen LogP contribution >= 0.6 is 0 Å². The molecule has 292 valence electrons. The fourth-order valence-corrected chi connectivity index (χ4v) is 8.73. The number of rotatable bonds is 9. The van der Waals surface area contributed by atoms with Gasteiger partial charge in [-0.25, -0.2) is 4.68 Å². The number of anilines is 3. The van der Waals surface area contributed by atoms with Gasteiger partial charge in [0.15, 0.2) is 0 Å². The second-order valence-electron chi connectivity index (χ2n) is 15.6. The molecular weight excluding hydrogens is 751 g/mol. The molecule has 0 aliphatic rings. The molecule has 0 aliphatic carbocycles. The molecule has 0 saturated carbocycles. The summed E-state index contributed by atoms with van der Waals surface area (Å²) >= 11 is 0. The molecule has 0 bridgehead atoms. The summed E-state index contributed by atoms with van der Waals surface area (Å²) in [4.78, 5) is 2.30. The Labute approximate surface area is 362 Å². The molecule has 3 heteroatoms. The fraction of sp³-hybridized carbons (Fsp3) is 0. The van der Waals surface area contributed by atoms with E-state index >= 15 is 0 Å². The number of hydrogen-bond acceptors (Lipinski definition) is 2. The van der Waals surface area contributed by atoms with Crippen molar-refractivity contribution < 1.29 is 0 Å². The first kappa shape index (κ1) is 36.8. The summed E-state index contributed by atoms with van der Waals surface area (Å²) in [6, 6.07) is 88.9. The zero-order valence-corrected chi connectivity index (χ0v) is 34.0. The minimum atomic E-state index is 0.936. The lowest BCUT2D eigenvalue weighted by molar-refractivity contribution is 0.892. The van der Waals surface area contributed by atoms with Gasteiger partial charge in [-0.2, -0.15) is 5.10 Å². The van der Waals surface area contributed by atoms with Gasteiger partial charge in [0.25, 0.3) is 0 Å². The van der Waals surface area contributed by atoms with Gasteiger partial charge in [-0.15, -0.1) is 0 Å². The Hall–Kier alpha value is -8.27. The van der Waals surface area contributed by atoms with Crippen molar-refractivity contribution >= 4 is 38.6 Å². The van der Waals surface area contributed by atoms with Crippen molar-refractivity contribution in [2.24, 2.45) is 0 Å². The molecule has 3 nitrogen and oxygen atoms in total. The minimum Gasteiger partial charge on any atom is -0.311 e. The highest BCUT2D eigenvalue weighted by molar-refractivity contribution is 5.93. The number of nitrogens with zero attached hydrogens (tertiary/aromatic N) is 3. The van der Waals surface area contributed by atoms with E-state index in [0.29, 0.717) is 0 Å². The predicted octanol–water partition coefficient (Wildman–Crippen LogP) is 16.0. The summed E-state index contributed by atoms with van der Waals surface area (Å²) in [5.41, 5.74) is 15.6. The summed E-state index contributed by atoms with van der Waals surface area (Å²) in [5, 5.41) is 10.1. The maximum absolute atomic E-state index is 5.29. The number of para-hydroxylation sites is 2. The molecule has 0 N–H and O–H groups in total. The molecule has 1 aromatic heterocycles. The molecule has 0 aliphatic heterocycles. The molecule has 62 heavy (non-hydrogen) atoms. The van der Waals surface area contributed by atoms with E-state index < -0.39 is 0 Å². The van der Waals surface area contributed by atoms with Crippen molar-refractivity contribution in [3.8, 4) is 61.6 Å². The van der Waals surface area contributed by atoms with Gasteiger partial charge in [-0.3, -0.25) is 0 Å². The Morgan fingerprint density at radius 3 is 1.24 bits per heavy atom. The largest absolute Gasteiger partial charge is 0.311 e. The van der Waals surface area contributed by atoms with E-state index in [-0.39, 0.29) is 0 Å². The van der Waals surface area contributed by atoms with Crippen molar-refractivity contribution in [3.63, 3.8) is 0 Å². The van der Waals surface area contributed by atoms with Crippen LogP contribution < -0.4 is 4.90 Å². The third-order valence-corrected chi connectivity index (χ3v) is 11.8. The van der Waals surface area contributed by atoms with Crippen LogP contribution in [-0.4, -0.2) is 9.78 Å². The summed E-state index contributed by atoms with van der Waals surface area (Å²) in [7, 11) is 0. The van der Waals surface area contributed by atoms with E-state index in [9.17, 15) is 0 Å². The Balaban J connectivity index is 0.955. The van der Waals surface area contributed by atoms with Gasteiger partial charge in [-0.1, -0.05) is 182 Å². The molecule has 0 atom stereocenters. The molecule has 0 amide bonds. The number of benzene rings is 10. The molecule has 0 radical (unpaired) electrons. The first-order valence-electron chi connectivity index (χ1n) is 21.1. The Bertz CT molecular complexity index is 3290. The van der Waals surface area contributed by atoms with Crippen LogP contribution in [0.25, 0.3) is 83.1 Å². The fourth-order valence-electron chi connectivity index (χ4n) is 8.73. The summed E-state index contributed by atoms with van der Waals surface area (Å²) in [6.45, 7) is 0. The lowest BCUT2D eigenvalue weighted by Crippen LogP contribution is -2.09. The van der Waals surface area contributed by atoms with E-state index in [1.807, 2.05) is 0 Å². The van der Waals surface area contributed by atoms with Crippen molar-refractivity contribution in [2.45, 2.75) is 0 Å². The van der Waals surface area contributed by atoms with Crippen LogP contribution in [0.15, 0.2) is 249 Å². The van der Waals surface area contributed by atoms with Crippen molar-refractivity contribution in [1.82, 2.24) is 9.78 Å². The smallest absolute Gasteiger partial charge is 0.0934 e. The van der Waals surface area contributed by atoms with Gasteiger partial charge < -0.3 is 4.90 Å². The second kappa shape index (κ2) is 16.1. The van der Waals surface area contributed by atoms with Gasteiger partial charge in [0.05, 0.1) is 17.1 Å². The summed E-state index contributed by atoms with van der Waals surface area (Å²) in [5.74, 6) is 0. The second-order valence-corrected chi connectivity index (χ2v) is 15.6. The normalized spacial score (nSPS) is 11.2. The quantitative estimate of drug-likeness (QED) is 0.145. The Kier molecular flexibility index (Phi) is 9.53. The van der Waals surface area contributed by atoms with Crippen LogP contribution in [0.2, 0.25) is 0 Å². The highest BCUT2D eigenvalue weighted by atomic mass is 15.3. The van der Waals surface area contributed by atoms with Crippen LogP contribution in [0, 0.1) is 0 Å². The van der Waals surface area contributed by atoms with Gasteiger partial charge in [0.1, 0.15) is 0 Å². The van der Waals surface area contributed by atoms with Gasteiger partial charge in [0.2, 0.25) is 0 Å². The first-order chi connectivity index (χ1) is 30.7. The monoisotopic (exact) mass is 791 g/mol.